The predicted molar refractivity (Wildman–Crippen MR) is 54.4 cm³/mol. The van der Waals surface area contributed by atoms with Crippen molar-refractivity contribution >= 4 is 11.6 Å². The molecule has 0 fully saturated rings. The fourth-order valence-corrected chi connectivity index (χ4v) is 1.20. The van der Waals surface area contributed by atoms with Crippen molar-refractivity contribution in [2.24, 2.45) is 0 Å². The first kappa shape index (κ1) is 9.25. The highest BCUT2D eigenvalue weighted by Gasteiger charge is 2.13. The van der Waals surface area contributed by atoms with Gasteiger partial charge >= 0.3 is 0 Å². The van der Waals surface area contributed by atoms with E-state index in [1.165, 1.54) is 18.2 Å². The zero-order valence-electron chi connectivity index (χ0n) is 7.68. The maximum absolute atomic E-state index is 13.4. The third-order valence-electron chi connectivity index (χ3n) is 1.95. The van der Waals surface area contributed by atoms with Gasteiger partial charge in [0.1, 0.15) is 5.82 Å². The minimum atomic E-state index is -0.483. The van der Waals surface area contributed by atoms with Gasteiger partial charge in [0.15, 0.2) is 5.82 Å². The second-order valence-corrected chi connectivity index (χ2v) is 2.99. The summed E-state index contributed by atoms with van der Waals surface area (Å²) in [5.74, 6) is 5.17. The lowest BCUT2D eigenvalue weighted by atomic mass is 10.2. The highest BCUT2D eigenvalue weighted by atomic mass is 19.1. The van der Waals surface area contributed by atoms with Crippen LogP contribution in [-0.4, -0.2) is 14.9 Å². The van der Waals surface area contributed by atoms with Crippen LogP contribution in [0, 0.1) is 5.82 Å². The average Bonchev–Trinajstić information content (AvgIpc) is 2.52. The van der Waals surface area contributed by atoms with Crippen LogP contribution in [0.4, 0.5) is 16.0 Å². The number of nitrogens with two attached hydrogens (primary N) is 3. The van der Waals surface area contributed by atoms with Crippen LogP contribution in [0.25, 0.3) is 11.4 Å². The van der Waals surface area contributed by atoms with Crippen LogP contribution in [0.1, 0.15) is 0 Å². The molecule has 0 aliphatic rings. The summed E-state index contributed by atoms with van der Waals surface area (Å²) in [4.78, 5) is 0. The molecule has 6 nitrogen and oxygen atoms in total. The van der Waals surface area contributed by atoms with E-state index in [2.05, 4.69) is 10.2 Å². The molecule has 0 amide bonds. The van der Waals surface area contributed by atoms with Crippen LogP contribution in [0.15, 0.2) is 18.2 Å². The molecule has 7 heteroatoms. The predicted octanol–water partition coefficient (Wildman–Crippen LogP) is -0.0376. The number of hydrogen-bond acceptors (Lipinski definition) is 5. The van der Waals surface area contributed by atoms with Gasteiger partial charge in [0.25, 0.3) is 0 Å². The average molecular weight is 208 g/mol. The van der Waals surface area contributed by atoms with Gasteiger partial charge < -0.3 is 17.3 Å². The Morgan fingerprint density at radius 1 is 1.20 bits per heavy atom. The standard InChI is InChI=1S/C8H9FN6/c9-6-2-1-4(10)3-5(6)7-13-14-8(11)15(7)12/h1-3H,10,12H2,(H2,11,14). The van der Waals surface area contributed by atoms with Crippen LogP contribution in [-0.2, 0) is 0 Å². The topological polar surface area (TPSA) is 109 Å². The van der Waals surface area contributed by atoms with Gasteiger partial charge in [-0.05, 0) is 18.2 Å². The molecule has 1 aromatic carbocycles. The summed E-state index contributed by atoms with van der Waals surface area (Å²) in [7, 11) is 0. The van der Waals surface area contributed by atoms with Crippen molar-refractivity contribution in [2.45, 2.75) is 0 Å². The van der Waals surface area contributed by atoms with Crippen molar-refractivity contribution < 1.29 is 4.39 Å². The van der Waals surface area contributed by atoms with E-state index in [0.29, 0.717) is 5.69 Å². The number of rotatable bonds is 1. The van der Waals surface area contributed by atoms with Crippen molar-refractivity contribution in [1.29, 1.82) is 0 Å². The molecule has 15 heavy (non-hydrogen) atoms. The van der Waals surface area contributed by atoms with Crippen molar-refractivity contribution in [3.63, 3.8) is 0 Å². The van der Waals surface area contributed by atoms with Crippen LogP contribution >= 0.6 is 0 Å². The van der Waals surface area contributed by atoms with E-state index in [9.17, 15) is 4.39 Å². The number of nitrogens with zero attached hydrogens (tertiary/aromatic N) is 3. The molecule has 0 unspecified atom stereocenters. The molecule has 0 aliphatic carbocycles. The monoisotopic (exact) mass is 208 g/mol. The Balaban J connectivity index is 2.63. The molecule has 6 N–H and O–H groups in total. The van der Waals surface area contributed by atoms with E-state index in [0.717, 1.165) is 4.68 Å². The number of nitrogen functional groups attached to an aromatic ring is 3. The lowest BCUT2D eigenvalue weighted by Gasteiger charge is -2.03. The van der Waals surface area contributed by atoms with E-state index in [1.54, 1.807) is 0 Å². The SMILES string of the molecule is Nc1ccc(F)c(-c2nnc(N)n2N)c1. The summed E-state index contributed by atoms with van der Waals surface area (Å²) in [6.45, 7) is 0. The molecule has 0 saturated carbocycles. The summed E-state index contributed by atoms with van der Waals surface area (Å²) >= 11 is 0. The van der Waals surface area contributed by atoms with Crippen LogP contribution < -0.4 is 17.3 Å². The van der Waals surface area contributed by atoms with Gasteiger partial charge in [-0.2, -0.15) is 0 Å². The second kappa shape index (κ2) is 3.12. The highest BCUT2D eigenvalue weighted by molar-refractivity contribution is 5.63. The van der Waals surface area contributed by atoms with E-state index in [-0.39, 0.29) is 17.3 Å². The van der Waals surface area contributed by atoms with E-state index >= 15 is 0 Å². The summed E-state index contributed by atoms with van der Waals surface area (Å²) in [5.41, 5.74) is 11.5. The third kappa shape index (κ3) is 1.43. The normalized spacial score (nSPS) is 10.5. The number of anilines is 2. The van der Waals surface area contributed by atoms with Gasteiger partial charge in [-0.3, -0.25) is 0 Å². The molecule has 0 atom stereocenters. The first-order valence-electron chi connectivity index (χ1n) is 4.11. The Kier molecular flexibility index (Phi) is 1.93. The van der Waals surface area contributed by atoms with Gasteiger partial charge in [0.2, 0.25) is 5.95 Å². The van der Waals surface area contributed by atoms with Gasteiger partial charge in [-0.25, -0.2) is 9.07 Å². The number of halogens is 1. The van der Waals surface area contributed by atoms with E-state index < -0.39 is 5.82 Å². The molecule has 2 aromatic rings. The molecule has 0 radical (unpaired) electrons. The Morgan fingerprint density at radius 2 is 1.93 bits per heavy atom. The minimum absolute atomic E-state index is 0.00632. The van der Waals surface area contributed by atoms with E-state index in [1.807, 2.05) is 0 Å². The molecule has 0 saturated heterocycles. The molecule has 0 spiro atoms. The Bertz CT molecular complexity index is 506. The summed E-state index contributed by atoms with van der Waals surface area (Å²) in [6.07, 6.45) is 0. The molecule has 78 valence electrons. The third-order valence-corrected chi connectivity index (χ3v) is 1.95. The second-order valence-electron chi connectivity index (χ2n) is 2.99. The lowest BCUT2D eigenvalue weighted by Crippen LogP contribution is -2.13. The van der Waals surface area contributed by atoms with Crippen LogP contribution in [0.5, 0.6) is 0 Å². The lowest BCUT2D eigenvalue weighted by molar-refractivity contribution is 0.629. The molecule has 0 bridgehead atoms. The number of aromatic nitrogens is 3. The first-order valence-corrected chi connectivity index (χ1v) is 4.11. The zero-order chi connectivity index (χ0) is 11.0. The fourth-order valence-electron chi connectivity index (χ4n) is 1.20. The summed E-state index contributed by atoms with van der Waals surface area (Å²) in [6, 6.07) is 4.09. The minimum Gasteiger partial charge on any atom is -0.399 e. The molecule has 0 aliphatic heterocycles. The molecule has 2 rings (SSSR count). The van der Waals surface area contributed by atoms with Gasteiger partial charge in [-0.1, -0.05) is 0 Å². The van der Waals surface area contributed by atoms with Crippen molar-refractivity contribution in [3.8, 4) is 11.4 Å². The van der Waals surface area contributed by atoms with Gasteiger partial charge in [0.05, 0.1) is 5.56 Å². The largest absolute Gasteiger partial charge is 0.399 e. The van der Waals surface area contributed by atoms with E-state index in [4.69, 9.17) is 17.3 Å². The van der Waals surface area contributed by atoms with Crippen molar-refractivity contribution in [1.82, 2.24) is 14.9 Å². The van der Waals surface area contributed by atoms with Crippen molar-refractivity contribution in [2.75, 3.05) is 17.3 Å². The van der Waals surface area contributed by atoms with Crippen LogP contribution in [0.2, 0.25) is 0 Å². The molecular weight excluding hydrogens is 199 g/mol. The van der Waals surface area contributed by atoms with Gasteiger partial charge in [-0.15, -0.1) is 10.2 Å². The number of hydrogen-bond donors (Lipinski definition) is 3. The fraction of sp³-hybridized carbons (Fsp3) is 0. The maximum atomic E-state index is 13.4. The first-order chi connectivity index (χ1) is 7.09. The van der Waals surface area contributed by atoms with Crippen molar-refractivity contribution in [3.05, 3.63) is 24.0 Å². The Morgan fingerprint density at radius 3 is 2.53 bits per heavy atom. The molecular formula is C8H9FN6. The van der Waals surface area contributed by atoms with Crippen LogP contribution in [0.3, 0.4) is 0 Å². The summed E-state index contributed by atoms with van der Waals surface area (Å²) in [5, 5.41) is 7.18. The Labute approximate surface area is 84.5 Å². The number of benzene rings is 1. The van der Waals surface area contributed by atoms with Gasteiger partial charge in [0, 0.05) is 5.69 Å². The Hall–Kier alpha value is -2.31. The quantitative estimate of drug-likeness (QED) is 0.450. The molecule has 1 heterocycles. The smallest absolute Gasteiger partial charge is 0.241 e. The summed E-state index contributed by atoms with van der Waals surface area (Å²) < 4.78 is 14.4. The highest BCUT2D eigenvalue weighted by Crippen LogP contribution is 2.22. The maximum Gasteiger partial charge on any atom is 0.241 e. The molecule has 1 aromatic heterocycles. The zero-order valence-corrected chi connectivity index (χ0v) is 7.68.